The topological polar surface area (TPSA) is 66.5 Å². The van der Waals surface area contributed by atoms with E-state index >= 15 is 0 Å². The minimum Gasteiger partial charge on any atom is -0.482 e. The second-order valence-corrected chi connectivity index (χ2v) is 5.21. The molecule has 0 bridgehead atoms. The molecule has 23 heavy (non-hydrogen) atoms. The average Bonchev–Trinajstić information content (AvgIpc) is 2.98. The molecule has 0 aliphatic carbocycles. The van der Waals surface area contributed by atoms with E-state index < -0.39 is 0 Å². The van der Waals surface area contributed by atoms with Crippen molar-refractivity contribution in [1.29, 1.82) is 0 Å². The van der Waals surface area contributed by atoms with Crippen LogP contribution in [0.15, 0.2) is 59.8 Å². The van der Waals surface area contributed by atoms with E-state index in [4.69, 9.17) is 16.3 Å². The zero-order valence-electron chi connectivity index (χ0n) is 12.1. The van der Waals surface area contributed by atoms with Crippen LogP contribution in [0.4, 0.5) is 0 Å². The van der Waals surface area contributed by atoms with Crippen LogP contribution < -0.4 is 10.2 Å². The molecular formula is C17H14ClN3O2. The van der Waals surface area contributed by atoms with Gasteiger partial charge >= 0.3 is 0 Å². The van der Waals surface area contributed by atoms with Crippen LogP contribution in [0.5, 0.6) is 5.75 Å². The van der Waals surface area contributed by atoms with E-state index in [0.717, 1.165) is 16.5 Å². The summed E-state index contributed by atoms with van der Waals surface area (Å²) in [5.41, 5.74) is 4.34. The summed E-state index contributed by atoms with van der Waals surface area (Å²) in [7, 11) is 0. The Morgan fingerprint density at radius 2 is 2.00 bits per heavy atom. The number of fused-ring (bicyclic) bond motifs is 1. The van der Waals surface area contributed by atoms with Gasteiger partial charge in [-0.2, -0.15) is 5.10 Å². The highest BCUT2D eigenvalue weighted by Gasteiger charge is 2.04. The van der Waals surface area contributed by atoms with Gasteiger partial charge in [0.25, 0.3) is 5.91 Å². The van der Waals surface area contributed by atoms with Crippen LogP contribution in [0.2, 0.25) is 5.02 Å². The maximum absolute atomic E-state index is 11.7. The number of carbonyl (C=O) groups is 1. The number of benzene rings is 2. The van der Waals surface area contributed by atoms with Crippen molar-refractivity contribution in [3.8, 4) is 5.75 Å². The van der Waals surface area contributed by atoms with Crippen molar-refractivity contribution in [2.45, 2.75) is 0 Å². The first-order valence-corrected chi connectivity index (χ1v) is 7.37. The van der Waals surface area contributed by atoms with Crippen LogP contribution in [0.25, 0.3) is 10.9 Å². The fraction of sp³-hybridized carbons (Fsp3) is 0.0588. The summed E-state index contributed by atoms with van der Waals surface area (Å²) in [6.07, 6.45) is 3.42. The SMILES string of the molecule is O=C(COc1ccccc1Cl)N/N=C\c1c[nH]c2ccccc12. The molecule has 0 fully saturated rings. The number of nitrogens with one attached hydrogen (secondary N) is 2. The van der Waals surface area contributed by atoms with Crippen LogP contribution in [0, 0.1) is 0 Å². The highest BCUT2D eigenvalue weighted by molar-refractivity contribution is 6.32. The number of carbonyl (C=O) groups excluding carboxylic acids is 1. The summed E-state index contributed by atoms with van der Waals surface area (Å²) in [5.74, 6) is 0.103. The number of H-pyrrole nitrogens is 1. The molecule has 0 spiro atoms. The summed E-state index contributed by atoms with van der Waals surface area (Å²) in [5, 5.41) is 5.44. The van der Waals surface area contributed by atoms with E-state index in [1.807, 2.05) is 30.5 Å². The number of aromatic amines is 1. The molecule has 2 N–H and O–H groups in total. The molecule has 3 rings (SSSR count). The molecule has 2 aromatic carbocycles. The van der Waals surface area contributed by atoms with Gasteiger partial charge < -0.3 is 9.72 Å². The van der Waals surface area contributed by atoms with Gasteiger partial charge in [-0.25, -0.2) is 5.43 Å². The average molecular weight is 328 g/mol. The molecule has 5 nitrogen and oxygen atoms in total. The van der Waals surface area contributed by atoms with Gasteiger partial charge in [-0.15, -0.1) is 0 Å². The van der Waals surface area contributed by atoms with E-state index in [0.29, 0.717) is 10.8 Å². The quantitative estimate of drug-likeness (QED) is 0.557. The van der Waals surface area contributed by atoms with Crippen LogP contribution in [0.1, 0.15) is 5.56 Å². The Morgan fingerprint density at radius 1 is 1.22 bits per heavy atom. The second-order valence-electron chi connectivity index (χ2n) is 4.80. The molecule has 1 aromatic heterocycles. The molecule has 0 unspecified atom stereocenters. The number of halogens is 1. The van der Waals surface area contributed by atoms with Crippen LogP contribution in [0.3, 0.4) is 0 Å². The largest absolute Gasteiger partial charge is 0.482 e. The van der Waals surface area contributed by atoms with E-state index in [1.54, 1.807) is 30.5 Å². The first-order valence-electron chi connectivity index (χ1n) is 6.99. The van der Waals surface area contributed by atoms with E-state index in [1.165, 1.54) is 0 Å². The molecule has 0 aliphatic rings. The van der Waals surface area contributed by atoms with Crippen molar-refractivity contribution in [3.63, 3.8) is 0 Å². The lowest BCUT2D eigenvalue weighted by Crippen LogP contribution is -2.24. The number of hydrogen-bond donors (Lipinski definition) is 2. The molecule has 3 aromatic rings. The van der Waals surface area contributed by atoms with Crippen LogP contribution in [-0.4, -0.2) is 23.7 Å². The van der Waals surface area contributed by atoms with Crippen LogP contribution >= 0.6 is 11.6 Å². The van der Waals surface area contributed by atoms with E-state index in [2.05, 4.69) is 15.5 Å². The van der Waals surface area contributed by atoms with Gasteiger partial charge in [-0.3, -0.25) is 4.79 Å². The Hall–Kier alpha value is -2.79. The van der Waals surface area contributed by atoms with Gasteiger partial charge in [-0.05, 0) is 18.2 Å². The molecule has 116 valence electrons. The number of amides is 1. The van der Waals surface area contributed by atoms with Crippen LogP contribution in [-0.2, 0) is 4.79 Å². The zero-order valence-corrected chi connectivity index (χ0v) is 12.9. The zero-order chi connectivity index (χ0) is 16.1. The molecule has 0 radical (unpaired) electrons. The van der Waals surface area contributed by atoms with Gasteiger partial charge in [0, 0.05) is 22.7 Å². The molecule has 0 aliphatic heterocycles. The smallest absolute Gasteiger partial charge is 0.277 e. The molecule has 6 heteroatoms. The third kappa shape index (κ3) is 3.70. The lowest BCUT2D eigenvalue weighted by atomic mass is 10.2. The second kappa shape index (κ2) is 6.98. The van der Waals surface area contributed by atoms with Crippen molar-refractivity contribution in [3.05, 3.63) is 65.3 Å². The Balaban J connectivity index is 1.55. The molecule has 1 amide bonds. The number of rotatable bonds is 5. The Bertz CT molecular complexity index is 858. The maximum Gasteiger partial charge on any atom is 0.277 e. The standard InChI is InChI=1S/C17H14ClN3O2/c18-14-6-2-4-8-16(14)23-11-17(22)21-20-10-12-9-19-15-7-3-1-5-13(12)15/h1-10,19H,11H2,(H,21,22)/b20-10-. The third-order valence-corrected chi connectivity index (χ3v) is 3.52. The summed E-state index contributed by atoms with van der Waals surface area (Å²) in [6, 6.07) is 14.8. The fourth-order valence-corrected chi connectivity index (χ4v) is 2.30. The minimum absolute atomic E-state index is 0.158. The van der Waals surface area contributed by atoms with Gasteiger partial charge in [0.1, 0.15) is 5.75 Å². The predicted octanol–water partition coefficient (Wildman–Crippen LogP) is 3.35. The molecule has 1 heterocycles. The summed E-state index contributed by atoms with van der Waals surface area (Å²) >= 11 is 5.95. The van der Waals surface area contributed by atoms with E-state index in [-0.39, 0.29) is 12.5 Å². The monoisotopic (exact) mass is 327 g/mol. The number of hydrazone groups is 1. The molecule has 0 atom stereocenters. The van der Waals surface area contributed by atoms with Gasteiger partial charge in [0.15, 0.2) is 6.61 Å². The van der Waals surface area contributed by atoms with Gasteiger partial charge in [0.05, 0.1) is 11.2 Å². The Labute approximate surface area is 137 Å². The number of para-hydroxylation sites is 2. The first kappa shape index (κ1) is 15.1. The summed E-state index contributed by atoms with van der Waals surface area (Å²) < 4.78 is 5.33. The highest BCUT2D eigenvalue weighted by Crippen LogP contribution is 2.22. The first-order chi connectivity index (χ1) is 11.2. The number of ether oxygens (including phenoxy) is 1. The fourth-order valence-electron chi connectivity index (χ4n) is 2.11. The Kier molecular flexibility index (Phi) is 4.59. The highest BCUT2D eigenvalue weighted by atomic mass is 35.5. The molecule has 0 saturated carbocycles. The van der Waals surface area contributed by atoms with Crippen molar-refractivity contribution in [2.24, 2.45) is 5.10 Å². The summed E-state index contributed by atoms with van der Waals surface area (Å²) in [6.45, 7) is -0.158. The molecular weight excluding hydrogens is 314 g/mol. The van der Waals surface area contributed by atoms with Gasteiger partial charge in [0.2, 0.25) is 0 Å². The normalized spacial score (nSPS) is 11.0. The lowest BCUT2D eigenvalue weighted by molar-refractivity contribution is -0.123. The van der Waals surface area contributed by atoms with Crippen molar-refractivity contribution in [1.82, 2.24) is 10.4 Å². The number of hydrogen-bond acceptors (Lipinski definition) is 3. The third-order valence-electron chi connectivity index (χ3n) is 3.21. The Morgan fingerprint density at radius 3 is 2.87 bits per heavy atom. The van der Waals surface area contributed by atoms with Crippen molar-refractivity contribution < 1.29 is 9.53 Å². The maximum atomic E-state index is 11.7. The lowest BCUT2D eigenvalue weighted by Gasteiger charge is -2.06. The van der Waals surface area contributed by atoms with E-state index in [9.17, 15) is 4.79 Å². The predicted molar refractivity (Wildman–Crippen MR) is 91.0 cm³/mol. The number of aromatic nitrogens is 1. The van der Waals surface area contributed by atoms with Crippen molar-refractivity contribution in [2.75, 3.05) is 6.61 Å². The minimum atomic E-state index is -0.360. The van der Waals surface area contributed by atoms with Gasteiger partial charge in [-0.1, -0.05) is 41.9 Å². The molecule has 0 saturated heterocycles. The van der Waals surface area contributed by atoms with Crippen molar-refractivity contribution >= 4 is 34.6 Å². The summed E-state index contributed by atoms with van der Waals surface area (Å²) in [4.78, 5) is 14.9. The number of nitrogens with zero attached hydrogens (tertiary/aromatic N) is 1.